The first-order valence-electron chi connectivity index (χ1n) is 8.19. The van der Waals surface area contributed by atoms with Crippen LogP contribution < -0.4 is 19.5 Å². The Labute approximate surface area is 151 Å². The second-order valence-corrected chi connectivity index (χ2v) is 6.30. The average Bonchev–Trinajstić information content (AvgIpc) is 2.57. The van der Waals surface area contributed by atoms with Crippen LogP contribution in [0.4, 0.5) is 0 Å². The van der Waals surface area contributed by atoms with E-state index in [9.17, 15) is 4.79 Å². The Morgan fingerprint density at radius 3 is 2.76 bits per heavy atom. The van der Waals surface area contributed by atoms with Crippen molar-refractivity contribution in [3.63, 3.8) is 0 Å². The first-order chi connectivity index (χ1) is 12.0. The van der Waals surface area contributed by atoms with E-state index < -0.39 is 6.23 Å². The number of nitrogens with one attached hydrogen (secondary N) is 1. The quantitative estimate of drug-likeness (QED) is 0.860. The summed E-state index contributed by atoms with van der Waals surface area (Å²) in [6, 6.07) is 10.6. The summed E-state index contributed by atoms with van der Waals surface area (Å²) in [7, 11) is 0. The third-order valence-corrected chi connectivity index (χ3v) is 3.91. The molecular weight excluding hydrogens is 342 g/mol. The van der Waals surface area contributed by atoms with Gasteiger partial charge in [-0.05, 0) is 45.0 Å². The monoisotopic (exact) mass is 361 g/mol. The summed E-state index contributed by atoms with van der Waals surface area (Å²) in [5.74, 6) is 1.36. The Balaban J connectivity index is 1.97. The van der Waals surface area contributed by atoms with E-state index in [1.165, 1.54) is 0 Å². The second kappa shape index (κ2) is 7.23. The predicted molar refractivity (Wildman–Crippen MR) is 95.7 cm³/mol. The number of fused-ring (bicyclic) bond motifs is 1. The lowest BCUT2D eigenvalue weighted by molar-refractivity contribution is 0.0755. The molecule has 1 atom stereocenters. The van der Waals surface area contributed by atoms with Gasteiger partial charge in [0.2, 0.25) is 0 Å². The summed E-state index contributed by atoms with van der Waals surface area (Å²) in [6.07, 6.45) is -0.688. The van der Waals surface area contributed by atoms with Crippen molar-refractivity contribution < 1.29 is 19.0 Å². The van der Waals surface area contributed by atoms with E-state index in [2.05, 4.69) is 5.32 Å². The molecule has 0 unspecified atom stereocenters. The molecule has 2 aromatic carbocycles. The number of para-hydroxylation sites is 1. The van der Waals surface area contributed by atoms with E-state index >= 15 is 0 Å². The molecule has 0 fully saturated rings. The molecule has 0 aliphatic carbocycles. The summed E-state index contributed by atoms with van der Waals surface area (Å²) < 4.78 is 17.3. The highest BCUT2D eigenvalue weighted by atomic mass is 35.5. The van der Waals surface area contributed by atoms with Crippen LogP contribution in [0.15, 0.2) is 36.4 Å². The number of amides is 1. The molecule has 0 saturated heterocycles. The van der Waals surface area contributed by atoms with Crippen LogP contribution in [-0.2, 0) is 0 Å². The fraction of sp³-hybridized carbons (Fsp3) is 0.316. The highest BCUT2D eigenvalue weighted by Crippen LogP contribution is 2.40. The smallest absolute Gasteiger partial charge is 0.258 e. The third kappa shape index (κ3) is 3.66. The van der Waals surface area contributed by atoms with Crippen LogP contribution >= 0.6 is 11.6 Å². The maximum Gasteiger partial charge on any atom is 0.258 e. The van der Waals surface area contributed by atoms with Gasteiger partial charge in [0.25, 0.3) is 5.91 Å². The fourth-order valence-electron chi connectivity index (χ4n) is 2.61. The molecule has 1 heterocycles. The van der Waals surface area contributed by atoms with Crippen LogP contribution in [0.1, 0.15) is 42.9 Å². The molecule has 5 nitrogen and oxygen atoms in total. The van der Waals surface area contributed by atoms with Crippen LogP contribution in [0.25, 0.3) is 0 Å². The number of hydrogen-bond donors (Lipinski definition) is 1. The number of carbonyl (C=O) groups excluding carboxylic acids is 1. The van der Waals surface area contributed by atoms with E-state index in [4.69, 9.17) is 25.8 Å². The second-order valence-electron chi connectivity index (χ2n) is 5.90. The Morgan fingerprint density at radius 1 is 1.28 bits per heavy atom. The van der Waals surface area contributed by atoms with Gasteiger partial charge in [-0.2, -0.15) is 0 Å². The van der Waals surface area contributed by atoms with Crippen LogP contribution in [0, 0.1) is 0 Å². The molecule has 1 aliphatic rings. The summed E-state index contributed by atoms with van der Waals surface area (Å²) in [5, 5.41) is 3.24. The summed E-state index contributed by atoms with van der Waals surface area (Å²) in [4.78, 5) is 12.3. The molecule has 25 heavy (non-hydrogen) atoms. The number of hydrogen-bond acceptors (Lipinski definition) is 4. The van der Waals surface area contributed by atoms with E-state index in [1.54, 1.807) is 30.3 Å². The van der Waals surface area contributed by atoms with Gasteiger partial charge in [0.1, 0.15) is 5.75 Å². The molecule has 1 N–H and O–H groups in total. The van der Waals surface area contributed by atoms with Gasteiger partial charge in [-0.1, -0.05) is 23.7 Å². The molecule has 3 rings (SSSR count). The first-order valence-corrected chi connectivity index (χ1v) is 8.56. The van der Waals surface area contributed by atoms with Crippen molar-refractivity contribution >= 4 is 17.5 Å². The van der Waals surface area contributed by atoms with E-state index in [1.807, 2.05) is 26.8 Å². The molecule has 132 valence electrons. The average molecular weight is 362 g/mol. The lowest BCUT2D eigenvalue weighted by atomic mass is 10.1. The number of rotatable bonds is 5. The van der Waals surface area contributed by atoms with Gasteiger partial charge in [0, 0.05) is 5.56 Å². The van der Waals surface area contributed by atoms with Gasteiger partial charge >= 0.3 is 0 Å². The van der Waals surface area contributed by atoms with Crippen LogP contribution in [-0.4, -0.2) is 18.6 Å². The van der Waals surface area contributed by atoms with Crippen molar-refractivity contribution in [3.05, 3.63) is 52.5 Å². The molecule has 2 aromatic rings. The summed E-state index contributed by atoms with van der Waals surface area (Å²) >= 11 is 6.40. The van der Waals surface area contributed by atoms with Gasteiger partial charge < -0.3 is 19.5 Å². The molecule has 0 spiro atoms. The lowest BCUT2D eigenvalue weighted by Gasteiger charge is -2.28. The fourth-order valence-corrected chi connectivity index (χ4v) is 2.88. The van der Waals surface area contributed by atoms with Crippen molar-refractivity contribution in [1.82, 2.24) is 5.32 Å². The predicted octanol–water partition coefficient (Wildman–Crippen LogP) is 4.35. The van der Waals surface area contributed by atoms with E-state index in [0.29, 0.717) is 40.0 Å². The number of carbonyl (C=O) groups is 1. The van der Waals surface area contributed by atoms with Gasteiger partial charge in [0.05, 0.1) is 23.3 Å². The van der Waals surface area contributed by atoms with Crippen molar-refractivity contribution in [2.24, 2.45) is 0 Å². The molecule has 0 bridgehead atoms. The number of ether oxygens (including phenoxy) is 3. The van der Waals surface area contributed by atoms with Crippen LogP contribution in [0.5, 0.6) is 17.2 Å². The normalized spacial score (nSPS) is 16.0. The zero-order chi connectivity index (χ0) is 18.0. The highest BCUT2D eigenvalue weighted by molar-refractivity contribution is 6.32. The van der Waals surface area contributed by atoms with Crippen molar-refractivity contribution in [1.29, 1.82) is 0 Å². The summed E-state index contributed by atoms with van der Waals surface area (Å²) in [6.45, 7) is 6.19. The van der Waals surface area contributed by atoms with Gasteiger partial charge in [-0.25, -0.2) is 0 Å². The molecule has 1 amide bonds. The van der Waals surface area contributed by atoms with Crippen molar-refractivity contribution in [2.45, 2.75) is 33.1 Å². The summed E-state index contributed by atoms with van der Waals surface area (Å²) in [5.41, 5.74) is 1.20. The maximum absolute atomic E-state index is 12.3. The van der Waals surface area contributed by atoms with E-state index in [0.717, 1.165) is 0 Å². The highest BCUT2D eigenvalue weighted by Gasteiger charge is 2.28. The van der Waals surface area contributed by atoms with Gasteiger partial charge in [-0.15, -0.1) is 0 Å². The minimum Gasteiger partial charge on any atom is -0.490 e. The van der Waals surface area contributed by atoms with Crippen molar-refractivity contribution in [3.8, 4) is 17.2 Å². The van der Waals surface area contributed by atoms with Crippen LogP contribution in [0.2, 0.25) is 5.02 Å². The van der Waals surface area contributed by atoms with Gasteiger partial charge in [0.15, 0.2) is 17.7 Å². The Kier molecular flexibility index (Phi) is 5.04. The Morgan fingerprint density at radius 2 is 2.04 bits per heavy atom. The zero-order valence-corrected chi connectivity index (χ0v) is 15.1. The molecule has 0 radical (unpaired) electrons. The standard InChI is InChI=1S/C19H20ClNO4/c1-4-23-16-10-12(9-14(20)17(16)24-11(2)3)19-21-18(22)13-7-5-6-8-15(13)25-19/h5-11,19H,4H2,1-3H3,(H,21,22)/t19-/m0/s1. The zero-order valence-electron chi connectivity index (χ0n) is 14.3. The number of halogens is 1. The molecular formula is C19H20ClNO4. The molecule has 6 heteroatoms. The minimum absolute atomic E-state index is 0.0416. The first kappa shape index (κ1) is 17.4. The van der Waals surface area contributed by atoms with Gasteiger partial charge in [-0.3, -0.25) is 4.79 Å². The molecule has 0 saturated carbocycles. The third-order valence-electron chi connectivity index (χ3n) is 3.63. The maximum atomic E-state index is 12.3. The Bertz CT molecular complexity index is 791. The van der Waals surface area contributed by atoms with Crippen molar-refractivity contribution in [2.75, 3.05) is 6.61 Å². The minimum atomic E-state index is -0.646. The topological polar surface area (TPSA) is 56.8 Å². The van der Waals surface area contributed by atoms with Crippen LogP contribution in [0.3, 0.4) is 0 Å². The lowest BCUT2D eigenvalue weighted by Crippen LogP contribution is -2.36. The number of benzene rings is 2. The largest absolute Gasteiger partial charge is 0.490 e. The SMILES string of the molecule is CCOc1cc([C@H]2NC(=O)c3ccccc3O2)cc(Cl)c1OC(C)C. The molecule has 1 aliphatic heterocycles. The Hall–Kier alpha value is -2.40. The molecule has 0 aromatic heterocycles. The van der Waals surface area contributed by atoms with E-state index in [-0.39, 0.29) is 12.0 Å².